The van der Waals surface area contributed by atoms with Gasteiger partial charge in [0.05, 0.1) is 11.9 Å². The van der Waals surface area contributed by atoms with E-state index in [9.17, 15) is 0 Å². The van der Waals surface area contributed by atoms with Gasteiger partial charge in [-0.05, 0) is 26.2 Å². The second-order valence-electron chi connectivity index (χ2n) is 3.37. The van der Waals surface area contributed by atoms with Crippen molar-refractivity contribution in [1.29, 1.82) is 0 Å². The minimum atomic E-state index is 0.656. The molecule has 1 aliphatic heterocycles. The minimum absolute atomic E-state index is 0.656. The fourth-order valence-corrected chi connectivity index (χ4v) is 1.78. The van der Waals surface area contributed by atoms with Crippen molar-refractivity contribution in [1.82, 2.24) is 9.78 Å². The Morgan fingerprint density at radius 3 is 3.23 bits per heavy atom. The summed E-state index contributed by atoms with van der Waals surface area (Å²) in [6.07, 6.45) is 5.23. The zero-order chi connectivity index (χ0) is 9.26. The van der Waals surface area contributed by atoms with Crippen LogP contribution in [0.25, 0.3) is 0 Å². The first kappa shape index (κ1) is 8.29. The highest BCUT2D eigenvalue weighted by molar-refractivity contribution is 5.99. The maximum Gasteiger partial charge on any atom is 0.0871 e. The summed E-state index contributed by atoms with van der Waals surface area (Å²) in [5.74, 6) is 0. The summed E-state index contributed by atoms with van der Waals surface area (Å²) < 4.78 is 2.01. The first-order valence-corrected chi connectivity index (χ1v) is 4.56. The van der Waals surface area contributed by atoms with Crippen molar-refractivity contribution in [3.63, 3.8) is 0 Å². The van der Waals surface area contributed by atoms with E-state index in [-0.39, 0.29) is 0 Å². The summed E-state index contributed by atoms with van der Waals surface area (Å²) in [4.78, 5) is 0. The highest BCUT2D eigenvalue weighted by Crippen LogP contribution is 2.18. The zero-order valence-corrected chi connectivity index (χ0v) is 7.69. The molecule has 4 nitrogen and oxygen atoms in total. The lowest BCUT2D eigenvalue weighted by Crippen LogP contribution is -2.13. The van der Waals surface area contributed by atoms with Crippen LogP contribution in [0.3, 0.4) is 0 Å². The van der Waals surface area contributed by atoms with Crippen LogP contribution in [0.1, 0.15) is 31.0 Å². The molecule has 70 valence electrons. The van der Waals surface area contributed by atoms with Gasteiger partial charge in [-0.1, -0.05) is 5.16 Å². The lowest BCUT2D eigenvalue weighted by Gasteiger charge is -2.14. The number of aromatic nitrogens is 2. The smallest absolute Gasteiger partial charge is 0.0871 e. The van der Waals surface area contributed by atoms with Crippen LogP contribution in [-0.4, -0.2) is 20.7 Å². The molecule has 1 aromatic heterocycles. The van der Waals surface area contributed by atoms with E-state index in [2.05, 4.69) is 10.3 Å². The molecule has 0 fully saturated rings. The van der Waals surface area contributed by atoms with Gasteiger partial charge >= 0.3 is 0 Å². The molecule has 1 N–H and O–H groups in total. The van der Waals surface area contributed by atoms with Gasteiger partial charge in [0.1, 0.15) is 0 Å². The lowest BCUT2D eigenvalue weighted by molar-refractivity contribution is 0.319. The Balaban J connectivity index is 2.42. The molecule has 4 heteroatoms. The molecule has 0 amide bonds. The summed E-state index contributed by atoms with van der Waals surface area (Å²) >= 11 is 0. The number of fused-ring (bicyclic) bond motifs is 1. The van der Waals surface area contributed by atoms with Crippen LogP contribution in [0.4, 0.5) is 0 Å². The van der Waals surface area contributed by atoms with Gasteiger partial charge in [0.2, 0.25) is 0 Å². The molecule has 0 aliphatic carbocycles. The molecule has 0 saturated carbocycles. The predicted octanol–water partition coefficient (Wildman–Crippen LogP) is 1.42. The molecule has 0 saturated heterocycles. The molecule has 0 aromatic carbocycles. The number of hydrogen-bond donors (Lipinski definition) is 1. The SMILES string of the molecule is C/C(=N/O)c1cnn2c1CCCC2. The Labute approximate surface area is 76.9 Å². The van der Waals surface area contributed by atoms with E-state index in [4.69, 9.17) is 5.21 Å². The van der Waals surface area contributed by atoms with E-state index < -0.39 is 0 Å². The number of hydrogen-bond acceptors (Lipinski definition) is 3. The van der Waals surface area contributed by atoms with Gasteiger partial charge in [0.15, 0.2) is 0 Å². The topological polar surface area (TPSA) is 50.4 Å². The zero-order valence-electron chi connectivity index (χ0n) is 7.69. The van der Waals surface area contributed by atoms with Crippen LogP contribution in [-0.2, 0) is 13.0 Å². The van der Waals surface area contributed by atoms with Crippen LogP contribution in [0.5, 0.6) is 0 Å². The Hall–Kier alpha value is -1.32. The van der Waals surface area contributed by atoms with Crippen molar-refractivity contribution in [3.05, 3.63) is 17.5 Å². The predicted molar refractivity (Wildman–Crippen MR) is 49.2 cm³/mol. The Morgan fingerprint density at radius 1 is 1.62 bits per heavy atom. The van der Waals surface area contributed by atoms with E-state index in [1.165, 1.54) is 18.5 Å². The first-order valence-electron chi connectivity index (χ1n) is 4.56. The molecule has 0 radical (unpaired) electrons. The molecule has 13 heavy (non-hydrogen) atoms. The van der Waals surface area contributed by atoms with Crippen LogP contribution in [0, 0.1) is 0 Å². The highest BCUT2D eigenvalue weighted by Gasteiger charge is 2.16. The van der Waals surface area contributed by atoms with Gasteiger partial charge in [-0.2, -0.15) is 5.10 Å². The summed E-state index contributed by atoms with van der Waals surface area (Å²) in [6, 6.07) is 0. The van der Waals surface area contributed by atoms with Crippen molar-refractivity contribution in [2.24, 2.45) is 5.16 Å². The normalized spacial score (nSPS) is 17.2. The third-order valence-electron chi connectivity index (χ3n) is 2.52. The quantitative estimate of drug-likeness (QED) is 0.402. The average Bonchev–Trinajstić information content (AvgIpc) is 2.60. The largest absolute Gasteiger partial charge is 0.411 e. The molecule has 0 bridgehead atoms. The standard InChI is InChI=1S/C9H13N3O/c1-7(11-13)8-6-10-12-5-3-2-4-9(8)12/h6,13H,2-5H2,1H3/b11-7-. The Morgan fingerprint density at radius 2 is 2.46 bits per heavy atom. The minimum Gasteiger partial charge on any atom is -0.411 e. The van der Waals surface area contributed by atoms with E-state index >= 15 is 0 Å². The van der Waals surface area contributed by atoms with Gasteiger partial charge in [-0.25, -0.2) is 0 Å². The number of nitrogens with zero attached hydrogens (tertiary/aromatic N) is 3. The summed E-state index contributed by atoms with van der Waals surface area (Å²) in [5, 5.41) is 16.1. The summed E-state index contributed by atoms with van der Waals surface area (Å²) in [7, 11) is 0. The van der Waals surface area contributed by atoms with E-state index in [1.807, 2.05) is 4.68 Å². The van der Waals surface area contributed by atoms with E-state index in [0.717, 1.165) is 18.5 Å². The molecule has 1 aliphatic rings. The maximum atomic E-state index is 8.66. The van der Waals surface area contributed by atoms with Gasteiger partial charge in [-0.15, -0.1) is 0 Å². The molecule has 0 unspecified atom stereocenters. The molecule has 2 rings (SSSR count). The fourth-order valence-electron chi connectivity index (χ4n) is 1.78. The molecule has 0 spiro atoms. The third kappa shape index (κ3) is 1.32. The van der Waals surface area contributed by atoms with Crippen molar-refractivity contribution >= 4 is 5.71 Å². The second kappa shape index (κ2) is 3.20. The maximum absolute atomic E-state index is 8.66. The lowest BCUT2D eigenvalue weighted by atomic mass is 10.0. The summed E-state index contributed by atoms with van der Waals surface area (Å²) in [5.41, 5.74) is 2.85. The molecule has 2 heterocycles. The average molecular weight is 179 g/mol. The van der Waals surface area contributed by atoms with Crippen molar-refractivity contribution in [3.8, 4) is 0 Å². The van der Waals surface area contributed by atoms with Crippen LogP contribution < -0.4 is 0 Å². The van der Waals surface area contributed by atoms with Gasteiger partial charge in [-0.3, -0.25) is 4.68 Å². The molecule has 1 aromatic rings. The van der Waals surface area contributed by atoms with Crippen LogP contribution >= 0.6 is 0 Å². The van der Waals surface area contributed by atoms with E-state index in [1.54, 1.807) is 13.1 Å². The number of rotatable bonds is 1. The van der Waals surface area contributed by atoms with Gasteiger partial charge in [0, 0.05) is 17.8 Å². The van der Waals surface area contributed by atoms with Crippen molar-refractivity contribution < 1.29 is 5.21 Å². The van der Waals surface area contributed by atoms with Gasteiger partial charge < -0.3 is 5.21 Å². The summed E-state index contributed by atoms with van der Waals surface area (Å²) in [6.45, 7) is 2.79. The molecular formula is C9H13N3O. The van der Waals surface area contributed by atoms with Crippen molar-refractivity contribution in [2.45, 2.75) is 32.7 Å². The number of oxime groups is 1. The number of aryl methyl sites for hydroxylation is 1. The molecular weight excluding hydrogens is 166 g/mol. The Bertz CT molecular complexity index is 341. The van der Waals surface area contributed by atoms with Crippen LogP contribution in [0.15, 0.2) is 11.4 Å². The molecule has 0 atom stereocenters. The van der Waals surface area contributed by atoms with Crippen LogP contribution in [0.2, 0.25) is 0 Å². The third-order valence-corrected chi connectivity index (χ3v) is 2.52. The highest BCUT2D eigenvalue weighted by atomic mass is 16.4. The fraction of sp³-hybridized carbons (Fsp3) is 0.556. The van der Waals surface area contributed by atoms with E-state index in [0.29, 0.717) is 5.71 Å². The Kier molecular flexibility index (Phi) is 2.04. The monoisotopic (exact) mass is 179 g/mol. The van der Waals surface area contributed by atoms with Crippen molar-refractivity contribution in [2.75, 3.05) is 0 Å². The second-order valence-corrected chi connectivity index (χ2v) is 3.37. The van der Waals surface area contributed by atoms with Gasteiger partial charge in [0.25, 0.3) is 0 Å². The first-order chi connectivity index (χ1) is 6.33.